The number of methoxy groups -OCH3 is 1. The molecule has 2 bridgehead atoms. The average molecular weight is 434 g/mol. The molecule has 2 aliphatic carbocycles. The van der Waals surface area contributed by atoms with Crippen molar-refractivity contribution in [2.24, 2.45) is 11.8 Å². The minimum Gasteiger partial charge on any atom is -0.496 e. The summed E-state index contributed by atoms with van der Waals surface area (Å²) in [6.45, 7) is 5.00. The van der Waals surface area contributed by atoms with Crippen LogP contribution in [0.5, 0.6) is 5.75 Å². The van der Waals surface area contributed by atoms with Gasteiger partial charge in [-0.05, 0) is 56.4 Å². The molecule has 6 heteroatoms. The first-order valence-corrected chi connectivity index (χ1v) is 12.1. The van der Waals surface area contributed by atoms with E-state index in [1.807, 2.05) is 6.07 Å². The summed E-state index contributed by atoms with van der Waals surface area (Å²) in [4.78, 5) is 15.7. The van der Waals surface area contributed by atoms with Gasteiger partial charge in [0.1, 0.15) is 5.75 Å². The van der Waals surface area contributed by atoms with Gasteiger partial charge in [-0.3, -0.25) is 9.69 Å². The van der Waals surface area contributed by atoms with E-state index in [2.05, 4.69) is 22.5 Å². The second kappa shape index (κ2) is 9.78. The Morgan fingerprint density at radius 1 is 1.17 bits per heavy atom. The van der Waals surface area contributed by atoms with Crippen molar-refractivity contribution < 1.29 is 9.53 Å². The standard InChI is InChI=1S/C24H36ClN3O2/c1-3-11-26-21-14-22(30-2)19(13-20(21)25)24(29)27-18-10-12-28(15-18)23-16-6-4-7-17(23)9-5-8-16/h13-14,16-18,23,26H,3-12,15H2,1-2H3,(H,27,29)/t16?,17?,18-,23?/m0/s1. The highest BCUT2D eigenvalue weighted by Crippen LogP contribution is 2.43. The fraction of sp³-hybridized carbons (Fsp3) is 0.708. The molecule has 0 spiro atoms. The number of benzene rings is 1. The van der Waals surface area contributed by atoms with E-state index in [0.717, 1.165) is 56.0 Å². The van der Waals surface area contributed by atoms with Crippen molar-refractivity contribution in [2.45, 2.75) is 70.4 Å². The van der Waals surface area contributed by atoms with Crippen LogP contribution in [0, 0.1) is 11.8 Å². The molecule has 1 aromatic rings. The Labute approximate surface area is 185 Å². The molecule has 3 fully saturated rings. The summed E-state index contributed by atoms with van der Waals surface area (Å²) in [5.41, 5.74) is 1.32. The second-order valence-electron chi connectivity index (χ2n) is 9.29. The molecule has 2 saturated carbocycles. The topological polar surface area (TPSA) is 53.6 Å². The highest BCUT2D eigenvalue weighted by molar-refractivity contribution is 6.33. The first kappa shape index (κ1) is 21.8. The van der Waals surface area contributed by atoms with E-state index in [0.29, 0.717) is 16.3 Å². The zero-order chi connectivity index (χ0) is 21.1. The minimum atomic E-state index is -0.0912. The van der Waals surface area contributed by atoms with Gasteiger partial charge >= 0.3 is 0 Å². The Kier molecular flexibility index (Phi) is 7.09. The number of likely N-dealkylation sites (tertiary alicyclic amines) is 1. The maximum atomic E-state index is 13.0. The van der Waals surface area contributed by atoms with Crippen molar-refractivity contribution >= 4 is 23.2 Å². The molecule has 1 aliphatic heterocycles. The summed E-state index contributed by atoms with van der Waals surface area (Å²) >= 11 is 6.43. The average Bonchev–Trinajstić information content (AvgIpc) is 3.20. The number of carbonyl (C=O) groups is 1. The van der Waals surface area contributed by atoms with Crippen LogP contribution >= 0.6 is 11.6 Å². The van der Waals surface area contributed by atoms with Gasteiger partial charge in [-0.2, -0.15) is 0 Å². The minimum absolute atomic E-state index is 0.0912. The van der Waals surface area contributed by atoms with Crippen LogP contribution < -0.4 is 15.4 Å². The third-order valence-corrected chi connectivity index (χ3v) is 7.65. The predicted octanol–water partition coefficient (Wildman–Crippen LogP) is 4.94. The molecule has 30 heavy (non-hydrogen) atoms. The van der Waals surface area contributed by atoms with Gasteiger partial charge < -0.3 is 15.4 Å². The predicted molar refractivity (Wildman–Crippen MR) is 123 cm³/mol. The second-order valence-corrected chi connectivity index (χ2v) is 9.69. The van der Waals surface area contributed by atoms with Crippen LogP contribution in [-0.2, 0) is 0 Å². The van der Waals surface area contributed by atoms with E-state index in [1.54, 1.807) is 13.2 Å². The maximum Gasteiger partial charge on any atom is 0.255 e. The smallest absolute Gasteiger partial charge is 0.255 e. The van der Waals surface area contributed by atoms with Crippen LogP contribution in [0.2, 0.25) is 5.02 Å². The lowest BCUT2D eigenvalue weighted by molar-refractivity contribution is 0.0346. The van der Waals surface area contributed by atoms with Crippen molar-refractivity contribution in [3.8, 4) is 5.75 Å². The number of nitrogens with one attached hydrogen (secondary N) is 2. The quantitative estimate of drug-likeness (QED) is 0.639. The number of fused-ring (bicyclic) bond motifs is 2. The van der Waals surface area contributed by atoms with Crippen molar-refractivity contribution in [1.82, 2.24) is 10.2 Å². The van der Waals surface area contributed by atoms with Gasteiger partial charge in [-0.1, -0.05) is 31.4 Å². The zero-order valence-corrected chi connectivity index (χ0v) is 19.1. The number of carbonyl (C=O) groups excluding carboxylic acids is 1. The fourth-order valence-electron chi connectivity index (χ4n) is 5.97. The third-order valence-electron chi connectivity index (χ3n) is 7.34. The van der Waals surface area contributed by atoms with Crippen LogP contribution in [0.1, 0.15) is 68.6 Å². The number of nitrogens with zero attached hydrogens (tertiary/aromatic N) is 1. The summed E-state index contributed by atoms with van der Waals surface area (Å²) in [6, 6.07) is 4.49. The van der Waals surface area contributed by atoms with Crippen LogP contribution in [0.3, 0.4) is 0 Å². The Morgan fingerprint density at radius 3 is 2.50 bits per heavy atom. The van der Waals surface area contributed by atoms with Gasteiger partial charge in [0, 0.05) is 37.8 Å². The molecule has 5 nitrogen and oxygen atoms in total. The zero-order valence-electron chi connectivity index (χ0n) is 18.4. The number of amides is 1. The van der Waals surface area contributed by atoms with E-state index < -0.39 is 0 Å². The van der Waals surface area contributed by atoms with E-state index in [9.17, 15) is 4.79 Å². The van der Waals surface area contributed by atoms with Gasteiger partial charge in [0.05, 0.1) is 23.4 Å². The van der Waals surface area contributed by atoms with E-state index in [4.69, 9.17) is 16.3 Å². The number of halogens is 1. The van der Waals surface area contributed by atoms with Gasteiger partial charge in [0.15, 0.2) is 0 Å². The Hall–Kier alpha value is -1.46. The molecule has 2 N–H and O–H groups in total. The molecule has 1 saturated heterocycles. The molecule has 166 valence electrons. The van der Waals surface area contributed by atoms with Crippen molar-refractivity contribution in [3.05, 3.63) is 22.7 Å². The SMILES string of the molecule is CCCNc1cc(OC)c(C(=O)N[C@H]2CCN(C3C4CCCC3CCC4)C2)cc1Cl. The number of hydrogen-bond donors (Lipinski definition) is 2. The number of anilines is 1. The summed E-state index contributed by atoms with van der Waals surface area (Å²) in [6.07, 6.45) is 10.4. The highest BCUT2D eigenvalue weighted by Gasteiger charge is 2.42. The lowest BCUT2D eigenvalue weighted by Crippen LogP contribution is -2.50. The maximum absolute atomic E-state index is 13.0. The first-order chi connectivity index (χ1) is 14.6. The first-order valence-electron chi connectivity index (χ1n) is 11.8. The molecule has 4 rings (SSSR count). The normalized spacial score (nSPS) is 28.9. The van der Waals surface area contributed by atoms with Crippen molar-refractivity contribution in [3.63, 3.8) is 0 Å². The molecule has 0 unspecified atom stereocenters. The van der Waals surface area contributed by atoms with E-state index in [-0.39, 0.29) is 11.9 Å². The Morgan fingerprint density at radius 2 is 1.87 bits per heavy atom. The molecule has 1 atom stereocenters. The molecule has 0 aromatic heterocycles. The van der Waals surface area contributed by atoms with Gasteiger partial charge in [-0.25, -0.2) is 0 Å². The molecular formula is C24H36ClN3O2. The lowest BCUT2D eigenvalue weighted by atomic mass is 9.68. The Bertz CT molecular complexity index is 734. The third kappa shape index (κ3) is 4.57. The van der Waals surface area contributed by atoms with Crippen LogP contribution in [-0.4, -0.2) is 49.6 Å². The van der Waals surface area contributed by atoms with Crippen LogP contribution in [0.25, 0.3) is 0 Å². The fourth-order valence-corrected chi connectivity index (χ4v) is 6.20. The Balaban J connectivity index is 1.40. The summed E-state index contributed by atoms with van der Waals surface area (Å²) in [5.74, 6) is 2.21. The van der Waals surface area contributed by atoms with Gasteiger partial charge in [0.25, 0.3) is 5.91 Å². The number of ether oxygens (including phenoxy) is 1. The van der Waals surface area contributed by atoms with Crippen molar-refractivity contribution in [2.75, 3.05) is 32.1 Å². The molecule has 1 heterocycles. The van der Waals surface area contributed by atoms with E-state index >= 15 is 0 Å². The van der Waals surface area contributed by atoms with Crippen LogP contribution in [0.15, 0.2) is 12.1 Å². The molecule has 3 aliphatic rings. The highest BCUT2D eigenvalue weighted by atomic mass is 35.5. The molecule has 1 aromatic carbocycles. The summed E-state index contributed by atoms with van der Waals surface area (Å²) < 4.78 is 5.50. The monoisotopic (exact) mass is 433 g/mol. The molecular weight excluding hydrogens is 398 g/mol. The summed E-state index contributed by atoms with van der Waals surface area (Å²) in [7, 11) is 1.60. The largest absolute Gasteiger partial charge is 0.496 e. The summed E-state index contributed by atoms with van der Waals surface area (Å²) in [5, 5.41) is 7.10. The van der Waals surface area contributed by atoms with Crippen LogP contribution in [0.4, 0.5) is 5.69 Å². The van der Waals surface area contributed by atoms with Gasteiger partial charge in [-0.15, -0.1) is 0 Å². The van der Waals surface area contributed by atoms with E-state index in [1.165, 1.54) is 38.5 Å². The van der Waals surface area contributed by atoms with Crippen molar-refractivity contribution in [1.29, 1.82) is 0 Å². The lowest BCUT2D eigenvalue weighted by Gasteiger charge is -2.47. The number of rotatable bonds is 7. The van der Waals surface area contributed by atoms with Gasteiger partial charge in [0.2, 0.25) is 0 Å². The molecule has 1 amide bonds. The molecule has 0 radical (unpaired) electrons. The number of hydrogen-bond acceptors (Lipinski definition) is 4.